The molecule has 0 radical (unpaired) electrons. The number of nitrogens with zero attached hydrogens (tertiary/aromatic N) is 7. The summed E-state index contributed by atoms with van der Waals surface area (Å²) < 4.78 is 162. The number of ether oxygens (including phenoxy) is 1. The van der Waals surface area contributed by atoms with Crippen LogP contribution in [0.5, 0.6) is 0 Å². The topological polar surface area (TPSA) is 272 Å². The number of anilines is 1. The Morgan fingerprint density at radius 2 is 1.68 bits per heavy atom. The highest BCUT2D eigenvalue weighted by Gasteiger charge is 2.45. The van der Waals surface area contributed by atoms with Crippen molar-refractivity contribution in [1.29, 1.82) is 0 Å². The number of amides is 3. The van der Waals surface area contributed by atoms with Crippen LogP contribution in [-0.4, -0.2) is 159 Å². The first-order chi connectivity index (χ1) is 37.8. The standard InChI is InChI=1S/C35H33ClF9N7O3S.C9H15N2O8P.C5H12S/c1-17-5-6-21(22-7-8-24(36)27-29(22)52(16-34(40,41)42)50-32(27)51(3)56(4,54)55)28(48-17)25(13-18-11-19(37)14-20(38)12-18)49-26(53)15-47-31-23(9-10-33(31,2)39)30(46)35(43,44)45;12-5-10-2-1-7(10)3-11(4-8(13)14)9(15)18-6-19-20(16)17;1-5(2,3)6-4/h5-8,11-12,14,25H,9-10,13,15-16,46H2,1-4H3,(H,49,53);5,7,16-17H,1-4,6H2,(H,13,14);1-4H3/b30-23-,47-31?;;. The van der Waals surface area contributed by atoms with Crippen LogP contribution < -0.4 is 15.4 Å². The number of hydrogen-bond donors (Lipinski definition) is 5. The van der Waals surface area contributed by atoms with E-state index in [0.29, 0.717) is 44.9 Å². The molecule has 1 saturated heterocycles. The molecule has 1 saturated carbocycles. The Hall–Kier alpha value is -5.98. The van der Waals surface area contributed by atoms with E-state index in [1.54, 1.807) is 0 Å². The third-order valence-corrected chi connectivity index (χ3v) is 15.3. The molecule has 2 fully saturated rings. The normalized spacial score (nSPS) is 18.0. The van der Waals surface area contributed by atoms with Gasteiger partial charge in [-0.2, -0.15) is 43.2 Å². The number of carbonyl (C=O) groups excluding carboxylic acids is 3. The number of benzene rings is 2. The average molecular weight is 1250 g/mol. The van der Waals surface area contributed by atoms with Crippen LogP contribution in [0.15, 0.2) is 58.7 Å². The van der Waals surface area contributed by atoms with Gasteiger partial charge in [0.1, 0.15) is 42.6 Å². The highest BCUT2D eigenvalue weighted by molar-refractivity contribution is 7.99. The lowest BCUT2D eigenvalue weighted by Gasteiger charge is -2.40. The first-order valence-corrected chi connectivity index (χ1v) is 28.8. The molecule has 33 heteroatoms. The van der Waals surface area contributed by atoms with Crippen molar-refractivity contribution < 1.29 is 91.3 Å². The summed E-state index contributed by atoms with van der Waals surface area (Å²) in [5.41, 5.74) is -0.0289. The number of nitrogens with two attached hydrogens (primary N) is 1. The van der Waals surface area contributed by atoms with Gasteiger partial charge in [-0.15, -0.1) is 0 Å². The Morgan fingerprint density at radius 1 is 1.07 bits per heavy atom. The summed E-state index contributed by atoms with van der Waals surface area (Å²) in [4.78, 5) is 74.2. The Kier molecular flexibility index (Phi) is 23.5. The van der Waals surface area contributed by atoms with Gasteiger partial charge in [0.15, 0.2) is 5.82 Å². The van der Waals surface area contributed by atoms with Gasteiger partial charge in [-0.1, -0.05) is 44.5 Å². The quantitative estimate of drug-likeness (QED) is 0.0270. The van der Waals surface area contributed by atoms with Crippen LogP contribution in [0.3, 0.4) is 0 Å². The maximum absolute atomic E-state index is 15.4. The van der Waals surface area contributed by atoms with Crippen molar-refractivity contribution in [3.63, 3.8) is 0 Å². The zero-order chi connectivity index (χ0) is 62.0. The second-order valence-corrected chi connectivity index (χ2v) is 24.5. The SMILES string of the molecule is CSC(C)(C)C.Cc1ccc(-c2ccc(Cl)c3c(N(C)S(C)(=O)=O)nn(CC(F)(F)F)c23)c(C(Cc2cc(F)cc(F)c2)NC(=O)CN=C2/C(=C(\N)C(F)(F)F)CCC2(C)F)n1.O=CN1CCC1CN(CC(=O)O)C(=O)OCOP(O)O. The lowest BCUT2D eigenvalue weighted by Crippen LogP contribution is -2.54. The molecule has 1 aliphatic carbocycles. The summed E-state index contributed by atoms with van der Waals surface area (Å²) in [6.45, 7) is 5.80. The summed E-state index contributed by atoms with van der Waals surface area (Å²) in [6.07, 6.45) is -7.85. The molecule has 3 atom stereocenters. The number of carbonyl (C=O) groups is 4. The van der Waals surface area contributed by atoms with E-state index in [1.165, 1.54) is 36.1 Å². The van der Waals surface area contributed by atoms with Crippen molar-refractivity contribution in [2.75, 3.05) is 56.8 Å². The number of sulfonamides is 1. The largest absolute Gasteiger partial charge is 0.480 e. The molecule has 4 aromatic rings. The van der Waals surface area contributed by atoms with Gasteiger partial charge in [-0.05, 0) is 75.6 Å². The van der Waals surface area contributed by atoms with Crippen molar-refractivity contribution in [3.8, 4) is 11.1 Å². The first-order valence-electron chi connectivity index (χ1n) is 24.2. The molecule has 3 amide bonds. The Bertz CT molecular complexity index is 3130. The van der Waals surface area contributed by atoms with Gasteiger partial charge in [0, 0.05) is 53.3 Å². The van der Waals surface area contributed by atoms with Gasteiger partial charge >= 0.3 is 33.0 Å². The summed E-state index contributed by atoms with van der Waals surface area (Å²) in [6, 6.07) is 6.37. The number of carboxylic acid groups (broad SMARTS) is 1. The summed E-state index contributed by atoms with van der Waals surface area (Å²) in [7, 11) is -5.68. The number of aliphatic carboxylic acids is 1. The number of likely N-dealkylation sites (tertiary alicyclic amines) is 1. The van der Waals surface area contributed by atoms with Crippen LogP contribution in [-0.2, 0) is 46.6 Å². The molecule has 454 valence electrons. The van der Waals surface area contributed by atoms with Gasteiger partial charge in [0.2, 0.25) is 29.1 Å². The van der Waals surface area contributed by atoms with Crippen molar-refractivity contribution in [3.05, 3.63) is 87.3 Å². The van der Waals surface area contributed by atoms with E-state index in [2.05, 4.69) is 56.7 Å². The van der Waals surface area contributed by atoms with Crippen LogP contribution in [0, 0.1) is 18.6 Å². The molecule has 3 unspecified atom stereocenters. The average Bonchev–Trinajstić information content (AvgIpc) is 3.34. The van der Waals surface area contributed by atoms with Crippen molar-refractivity contribution in [1.82, 2.24) is 29.9 Å². The van der Waals surface area contributed by atoms with Crippen LogP contribution in [0.1, 0.15) is 70.0 Å². The van der Waals surface area contributed by atoms with Crippen LogP contribution in [0.25, 0.3) is 22.0 Å². The lowest BCUT2D eigenvalue weighted by atomic mass is 9.93. The third kappa shape index (κ3) is 19.6. The van der Waals surface area contributed by atoms with Crippen LogP contribution >= 0.6 is 32.0 Å². The minimum atomic E-state index is -5.01. The number of allylic oxidation sites excluding steroid dienone is 2. The predicted octanol–water partition coefficient (Wildman–Crippen LogP) is 8.51. The molecular weight excluding hydrogens is 1190 g/mol. The number of halogens is 10. The molecule has 2 aliphatic rings. The molecule has 1 aliphatic heterocycles. The predicted molar refractivity (Wildman–Crippen MR) is 289 cm³/mol. The molecule has 20 nitrogen and oxygen atoms in total. The Morgan fingerprint density at radius 3 is 2.20 bits per heavy atom. The number of pyridine rings is 1. The van der Waals surface area contributed by atoms with E-state index < -0.39 is 141 Å². The third-order valence-electron chi connectivity index (χ3n) is 12.3. The Balaban J connectivity index is 0.000000458. The summed E-state index contributed by atoms with van der Waals surface area (Å²) in [5, 5.41) is 14.9. The fourth-order valence-electron chi connectivity index (χ4n) is 8.02. The highest BCUT2D eigenvalue weighted by atomic mass is 35.5. The van der Waals surface area contributed by atoms with Crippen LogP contribution in [0.2, 0.25) is 5.02 Å². The van der Waals surface area contributed by atoms with Gasteiger partial charge in [-0.25, -0.2) is 26.4 Å². The monoisotopic (exact) mass is 1250 g/mol. The molecular formula is C49H60ClF9N9O11PS2. The molecule has 6 rings (SSSR count). The zero-order valence-corrected chi connectivity index (χ0v) is 48.5. The number of aromatic nitrogens is 3. The molecule has 3 heterocycles. The van der Waals surface area contributed by atoms with Gasteiger partial charge < -0.3 is 35.6 Å². The van der Waals surface area contributed by atoms with Crippen molar-refractivity contribution in [2.24, 2.45) is 10.7 Å². The number of aliphatic imine (C=N–C) groups is 1. The number of aryl methyl sites for hydroxylation is 1. The minimum Gasteiger partial charge on any atom is -0.480 e. The van der Waals surface area contributed by atoms with E-state index >= 15 is 4.39 Å². The molecule has 2 aromatic carbocycles. The number of rotatable bonds is 18. The second kappa shape index (κ2) is 28.1. The fraction of sp³-hybridized carbons (Fsp3) is 0.490. The number of carboxylic acids is 1. The smallest absolute Gasteiger partial charge is 0.431 e. The van der Waals surface area contributed by atoms with E-state index in [9.17, 15) is 62.7 Å². The molecule has 82 heavy (non-hydrogen) atoms. The maximum atomic E-state index is 15.4. The number of thioether (sulfide) groups is 1. The maximum Gasteiger partial charge on any atom is 0.431 e. The van der Waals surface area contributed by atoms with Crippen molar-refractivity contribution >= 4 is 88.8 Å². The molecule has 2 aromatic heterocycles. The van der Waals surface area contributed by atoms with Gasteiger partial charge in [-0.3, -0.25) is 42.8 Å². The number of alkyl halides is 7. The summed E-state index contributed by atoms with van der Waals surface area (Å²) in [5.74, 6) is -4.66. The molecule has 0 spiro atoms. The Labute approximate surface area is 475 Å². The second-order valence-electron chi connectivity index (χ2n) is 19.7. The van der Waals surface area contributed by atoms with Crippen LogP contribution in [0.4, 0.5) is 50.1 Å². The number of hydrogen-bond acceptors (Lipinski definition) is 15. The highest BCUT2D eigenvalue weighted by Crippen LogP contribution is 2.43. The molecule has 6 N–H and O–H groups in total. The van der Waals surface area contributed by atoms with E-state index in [4.69, 9.17) is 32.2 Å². The zero-order valence-electron chi connectivity index (χ0n) is 45.2. The lowest BCUT2D eigenvalue weighted by molar-refractivity contribution is -0.142. The van der Waals surface area contributed by atoms with E-state index in [1.807, 2.05) is 11.8 Å². The van der Waals surface area contributed by atoms with E-state index in [0.717, 1.165) is 37.3 Å². The summed E-state index contributed by atoms with van der Waals surface area (Å²) >= 11 is 8.37. The van der Waals surface area contributed by atoms with Gasteiger partial charge in [0.05, 0.1) is 45.7 Å². The fourth-order valence-corrected chi connectivity index (χ4v) is 8.85. The van der Waals surface area contributed by atoms with Crippen molar-refractivity contribution in [2.45, 2.75) is 102 Å². The van der Waals surface area contributed by atoms with Gasteiger partial charge in [0.25, 0.3) is 0 Å². The number of fused-ring (bicyclic) bond motifs is 1. The molecule has 0 bridgehead atoms. The number of nitrogens with one attached hydrogen (secondary N) is 1. The minimum absolute atomic E-state index is 0.0240. The first kappa shape index (κ1) is 68.5. The van der Waals surface area contributed by atoms with E-state index in [-0.39, 0.29) is 50.9 Å².